The van der Waals surface area contributed by atoms with Gasteiger partial charge in [0.1, 0.15) is 24.1 Å². The van der Waals surface area contributed by atoms with Gasteiger partial charge in [-0.2, -0.15) is 0 Å². The molecular weight excluding hydrogens is 454 g/mol. The minimum atomic E-state index is -3.20. The molecule has 1 aliphatic rings. The predicted molar refractivity (Wildman–Crippen MR) is 103 cm³/mol. The third kappa shape index (κ3) is 5.84. The molecular formula is C18H22F2N4O9. The summed E-state index contributed by atoms with van der Waals surface area (Å²) in [4.78, 5) is 26.1. The molecule has 1 aromatic rings. The lowest BCUT2D eigenvalue weighted by Crippen LogP contribution is -2.68. The minimum absolute atomic E-state index is 0.209. The Kier molecular flexibility index (Phi) is 8.49. The Morgan fingerprint density at radius 2 is 2.09 bits per heavy atom. The minimum Gasteiger partial charge on any atom is -0.476 e. The maximum atomic E-state index is 13.6. The lowest BCUT2D eigenvalue weighted by molar-refractivity contribution is -0.284. The number of ether oxygens (including phenoxy) is 2. The Morgan fingerprint density at radius 3 is 2.61 bits per heavy atom. The van der Waals surface area contributed by atoms with Crippen molar-refractivity contribution in [1.82, 2.24) is 5.32 Å². The fourth-order valence-electron chi connectivity index (χ4n) is 3.32. The van der Waals surface area contributed by atoms with E-state index in [1.165, 1.54) is 0 Å². The van der Waals surface area contributed by atoms with Gasteiger partial charge in [-0.1, -0.05) is 5.11 Å². The molecule has 1 fully saturated rings. The first-order chi connectivity index (χ1) is 15.5. The number of aliphatic carboxylic acids is 1. The summed E-state index contributed by atoms with van der Waals surface area (Å²) in [7, 11) is 0. The van der Waals surface area contributed by atoms with Crippen LogP contribution in [0.25, 0.3) is 10.4 Å². The topological polar surface area (TPSA) is 215 Å². The van der Waals surface area contributed by atoms with E-state index >= 15 is 0 Å². The molecule has 0 aromatic heterocycles. The SMILES string of the molecule is CC(=O)N[C@H]1[C@H]([C@H](O)[C@H](O)CO)O[C@@](Oc2ccc(N=[N+]=[N-])cc2C(F)F)(C(=O)O)C[C@@H]1O. The van der Waals surface area contributed by atoms with Crippen molar-refractivity contribution in [3.8, 4) is 5.75 Å². The number of hydrogen-bond acceptors (Lipinski definition) is 9. The molecule has 0 unspecified atom stereocenters. The molecule has 1 saturated heterocycles. The van der Waals surface area contributed by atoms with Crippen LogP contribution >= 0.6 is 0 Å². The Labute approximate surface area is 184 Å². The lowest BCUT2D eigenvalue weighted by atomic mass is 9.88. The summed E-state index contributed by atoms with van der Waals surface area (Å²) in [5, 5.41) is 55.1. The van der Waals surface area contributed by atoms with Gasteiger partial charge in [-0.3, -0.25) is 4.79 Å². The van der Waals surface area contributed by atoms with Crippen LogP contribution in [0.2, 0.25) is 0 Å². The number of halogens is 2. The normalized spacial score (nSPS) is 26.7. The zero-order valence-electron chi connectivity index (χ0n) is 17.1. The molecule has 33 heavy (non-hydrogen) atoms. The van der Waals surface area contributed by atoms with E-state index in [9.17, 15) is 38.8 Å². The average molecular weight is 476 g/mol. The molecule has 1 aliphatic heterocycles. The van der Waals surface area contributed by atoms with Gasteiger partial charge in [-0.25, -0.2) is 13.6 Å². The Balaban J connectivity index is 2.53. The Bertz CT molecular complexity index is 930. The van der Waals surface area contributed by atoms with Crippen molar-refractivity contribution in [2.24, 2.45) is 5.11 Å². The van der Waals surface area contributed by atoms with E-state index in [0.29, 0.717) is 0 Å². The number of amides is 1. The summed E-state index contributed by atoms with van der Waals surface area (Å²) >= 11 is 0. The summed E-state index contributed by atoms with van der Waals surface area (Å²) in [5.74, 6) is -6.11. The van der Waals surface area contributed by atoms with E-state index in [1.807, 2.05) is 0 Å². The molecule has 13 nitrogen and oxygen atoms in total. The van der Waals surface area contributed by atoms with Gasteiger partial charge in [0, 0.05) is 17.5 Å². The summed E-state index contributed by atoms with van der Waals surface area (Å²) in [6.45, 7) is 0.0790. The quantitative estimate of drug-likeness (QED) is 0.162. The first-order valence-corrected chi connectivity index (χ1v) is 9.45. The number of aliphatic hydroxyl groups is 4. The molecule has 6 N–H and O–H groups in total. The van der Waals surface area contributed by atoms with E-state index < -0.39 is 78.9 Å². The van der Waals surface area contributed by atoms with Gasteiger partial charge in [-0.15, -0.1) is 0 Å². The van der Waals surface area contributed by atoms with Crippen molar-refractivity contribution >= 4 is 17.6 Å². The molecule has 1 aromatic carbocycles. The summed E-state index contributed by atoms with van der Waals surface area (Å²) in [6.07, 6.45) is -11.6. The summed E-state index contributed by atoms with van der Waals surface area (Å²) < 4.78 is 37.8. The van der Waals surface area contributed by atoms with Crippen molar-refractivity contribution in [3.63, 3.8) is 0 Å². The van der Waals surface area contributed by atoms with Crippen LogP contribution in [0.1, 0.15) is 25.3 Å². The fourth-order valence-corrected chi connectivity index (χ4v) is 3.32. The second-order valence-corrected chi connectivity index (χ2v) is 7.19. The van der Waals surface area contributed by atoms with Crippen LogP contribution in [0.4, 0.5) is 14.5 Å². The molecule has 2 rings (SSSR count). The molecule has 0 saturated carbocycles. The first-order valence-electron chi connectivity index (χ1n) is 9.45. The van der Waals surface area contributed by atoms with E-state index in [4.69, 9.17) is 20.1 Å². The van der Waals surface area contributed by atoms with E-state index in [2.05, 4.69) is 15.3 Å². The Hall–Kier alpha value is -3.07. The van der Waals surface area contributed by atoms with Gasteiger partial charge in [0.15, 0.2) is 0 Å². The number of carbonyl (C=O) groups excluding carboxylic acids is 1. The summed E-state index contributed by atoms with van der Waals surface area (Å²) in [5.41, 5.74) is 7.42. The van der Waals surface area contributed by atoms with E-state index in [0.717, 1.165) is 25.1 Å². The number of benzene rings is 1. The molecule has 1 heterocycles. The van der Waals surface area contributed by atoms with Crippen molar-refractivity contribution in [2.75, 3.05) is 6.61 Å². The van der Waals surface area contributed by atoms with Crippen molar-refractivity contribution in [3.05, 3.63) is 34.2 Å². The highest BCUT2D eigenvalue weighted by molar-refractivity contribution is 5.77. The molecule has 0 bridgehead atoms. The zero-order chi connectivity index (χ0) is 24.9. The van der Waals surface area contributed by atoms with Crippen LogP contribution in [0, 0.1) is 0 Å². The second kappa shape index (κ2) is 10.7. The number of aliphatic hydroxyl groups excluding tert-OH is 4. The van der Waals surface area contributed by atoms with Crippen LogP contribution < -0.4 is 10.1 Å². The smallest absolute Gasteiger partial charge is 0.377 e. The number of alkyl halides is 2. The van der Waals surface area contributed by atoms with Gasteiger partial charge in [0.2, 0.25) is 5.91 Å². The standard InChI is InChI=1S/C18H22F2N4O9/c1-7(26)22-13-10(27)5-18(17(30)31,33-15(13)14(29)11(28)6-25)32-12-3-2-8(23-24-21)4-9(12)16(19)20/h2-4,10-11,13-16,25,27-29H,5-6H2,1H3,(H,22,26)(H,30,31)/t10-,11+,13+,14+,15+,18+/m0/s1. The Morgan fingerprint density at radius 1 is 1.42 bits per heavy atom. The van der Waals surface area contributed by atoms with Gasteiger partial charge in [0.25, 0.3) is 6.43 Å². The molecule has 0 aliphatic carbocycles. The van der Waals surface area contributed by atoms with Crippen LogP contribution in [0.5, 0.6) is 5.75 Å². The second-order valence-electron chi connectivity index (χ2n) is 7.19. The van der Waals surface area contributed by atoms with Gasteiger partial charge < -0.3 is 40.3 Å². The number of hydrogen-bond donors (Lipinski definition) is 6. The van der Waals surface area contributed by atoms with Crippen LogP contribution in [0.3, 0.4) is 0 Å². The van der Waals surface area contributed by atoms with Crippen molar-refractivity contribution in [1.29, 1.82) is 0 Å². The maximum Gasteiger partial charge on any atom is 0.377 e. The van der Waals surface area contributed by atoms with Gasteiger partial charge in [0.05, 0.1) is 30.7 Å². The first kappa shape index (κ1) is 26.2. The van der Waals surface area contributed by atoms with Gasteiger partial charge in [-0.05, 0) is 23.7 Å². The molecule has 1 amide bonds. The summed E-state index contributed by atoms with van der Waals surface area (Å²) in [6, 6.07) is 1.28. The molecule has 0 spiro atoms. The number of azide groups is 1. The van der Waals surface area contributed by atoms with Crippen LogP contribution in [-0.2, 0) is 14.3 Å². The van der Waals surface area contributed by atoms with Crippen molar-refractivity contribution in [2.45, 2.75) is 56.0 Å². The maximum absolute atomic E-state index is 13.6. The zero-order valence-corrected chi connectivity index (χ0v) is 17.1. The third-order valence-corrected chi connectivity index (χ3v) is 4.85. The van der Waals surface area contributed by atoms with Crippen LogP contribution in [-0.4, -0.2) is 80.3 Å². The number of nitrogens with one attached hydrogen (secondary N) is 1. The van der Waals surface area contributed by atoms with Crippen molar-refractivity contribution < 1.29 is 53.4 Å². The highest BCUT2D eigenvalue weighted by Crippen LogP contribution is 2.39. The van der Waals surface area contributed by atoms with Gasteiger partial charge >= 0.3 is 11.8 Å². The number of carboxylic acid groups (broad SMARTS) is 1. The largest absolute Gasteiger partial charge is 0.476 e. The highest BCUT2D eigenvalue weighted by atomic mass is 19.3. The van der Waals surface area contributed by atoms with E-state index in [1.54, 1.807) is 0 Å². The fraction of sp³-hybridized carbons (Fsp3) is 0.556. The highest BCUT2D eigenvalue weighted by Gasteiger charge is 2.57. The molecule has 0 radical (unpaired) electrons. The molecule has 15 heteroatoms. The number of carboxylic acids is 1. The molecule has 6 atom stereocenters. The van der Waals surface area contributed by atoms with E-state index in [-0.39, 0.29) is 5.69 Å². The predicted octanol–water partition coefficient (Wildman–Crippen LogP) is 0.0943. The van der Waals surface area contributed by atoms with Crippen LogP contribution in [0.15, 0.2) is 23.3 Å². The average Bonchev–Trinajstić information content (AvgIpc) is 2.75. The number of rotatable bonds is 9. The number of carbonyl (C=O) groups is 2. The number of nitrogens with zero attached hydrogens (tertiary/aromatic N) is 3. The third-order valence-electron chi connectivity index (χ3n) is 4.85. The lowest BCUT2D eigenvalue weighted by Gasteiger charge is -2.46. The molecule has 182 valence electrons. The monoisotopic (exact) mass is 476 g/mol.